The Morgan fingerprint density at radius 2 is 1.81 bits per heavy atom. The van der Waals surface area contributed by atoms with Crippen molar-refractivity contribution in [1.82, 2.24) is 14.9 Å². The van der Waals surface area contributed by atoms with E-state index in [1.807, 2.05) is 7.05 Å². The van der Waals surface area contributed by atoms with E-state index in [1.54, 1.807) is 4.90 Å². The van der Waals surface area contributed by atoms with Crippen LogP contribution in [0, 0.1) is 0 Å². The second kappa shape index (κ2) is 10.7. The summed E-state index contributed by atoms with van der Waals surface area (Å²) in [6.45, 7) is 1.46. The van der Waals surface area contributed by atoms with Gasteiger partial charge >= 0.3 is 0 Å². The molecule has 10 heteroatoms. The molecule has 1 aromatic rings. The molecular weight excluding hydrogens is 394 g/mol. The first kappa shape index (κ1) is 23.5. The van der Waals surface area contributed by atoms with Gasteiger partial charge in [0.05, 0.1) is 19.1 Å². The second-order valence-electron chi connectivity index (χ2n) is 6.11. The van der Waals surface area contributed by atoms with Crippen molar-refractivity contribution in [3.8, 4) is 11.5 Å². The maximum absolute atomic E-state index is 12.4. The molecular formula is C17H28ClN3O5S. The fourth-order valence-corrected chi connectivity index (χ4v) is 3.98. The van der Waals surface area contributed by atoms with Crippen LogP contribution in [0.3, 0.4) is 0 Å². The van der Waals surface area contributed by atoms with E-state index in [0.29, 0.717) is 30.6 Å². The van der Waals surface area contributed by atoms with Crippen molar-refractivity contribution < 1.29 is 22.7 Å². The third-order valence-electron chi connectivity index (χ3n) is 4.55. The minimum absolute atomic E-state index is 0. The molecule has 0 aliphatic carbocycles. The van der Waals surface area contributed by atoms with Crippen molar-refractivity contribution >= 4 is 28.3 Å². The molecule has 0 bridgehead atoms. The van der Waals surface area contributed by atoms with Gasteiger partial charge in [-0.25, -0.2) is 13.1 Å². The Morgan fingerprint density at radius 3 is 2.37 bits per heavy atom. The number of sulfonamides is 1. The number of ether oxygens (including phenoxy) is 2. The predicted octanol–water partition coefficient (Wildman–Crippen LogP) is 1.00. The first-order chi connectivity index (χ1) is 12.4. The SMILES string of the molecule is CNC1CCN(C(=O)CCNS(=O)(=O)c2ccc(OC)c(OC)c2)CC1.Cl. The topological polar surface area (TPSA) is 97.0 Å². The van der Waals surface area contributed by atoms with Crippen molar-refractivity contribution in [3.63, 3.8) is 0 Å². The van der Waals surface area contributed by atoms with Crippen molar-refractivity contribution in [2.45, 2.75) is 30.2 Å². The molecule has 2 rings (SSSR count). The minimum atomic E-state index is -3.72. The van der Waals surface area contributed by atoms with Crippen LogP contribution in [0.5, 0.6) is 11.5 Å². The lowest BCUT2D eigenvalue weighted by Crippen LogP contribution is -2.44. The van der Waals surface area contributed by atoms with E-state index < -0.39 is 10.0 Å². The number of amides is 1. The molecule has 0 aromatic heterocycles. The number of nitrogens with one attached hydrogen (secondary N) is 2. The Kier molecular flexibility index (Phi) is 9.31. The number of hydrogen-bond acceptors (Lipinski definition) is 6. The summed E-state index contributed by atoms with van der Waals surface area (Å²) < 4.78 is 37.5. The molecule has 0 atom stereocenters. The first-order valence-corrected chi connectivity index (χ1v) is 10.1. The molecule has 0 saturated carbocycles. The minimum Gasteiger partial charge on any atom is -0.493 e. The molecule has 1 amide bonds. The zero-order chi connectivity index (χ0) is 19.2. The first-order valence-electron chi connectivity index (χ1n) is 8.58. The smallest absolute Gasteiger partial charge is 0.240 e. The Bertz CT molecular complexity index is 721. The molecule has 1 aliphatic rings. The second-order valence-corrected chi connectivity index (χ2v) is 7.88. The Labute approximate surface area is 167 Å². The highest BCUT2D eigenvalue weighted by Gasteiger charge is 2.22. The van der Waals surface area contributed by atoms with Crippen LogP contribution in [0.2, 0.25) is 0 Å². The van der Waals surface area contributed by atoms with Crippen LogP contribution in [0.15, 0.2) is 23.1 Å². The van der Waals surface area contributed by atoms with E-state index >= 15 is 0 Å². The van der Waals surface area contributed by atoms with Gasteiger partial charge in [-0.05, 0) is 32.0 Å². The molecule has 0 radical (unpaired) electrons. The molecule has 27 heavy (non-hydrogen) atoms. The van der Waals surface area contributed by atoms with Crippen molar-refractivity contribution in [2.75, 3.05) is 40.9 Å². The number of rotatable bonds is 8. The number of nitrogens with zero attached hydrogens (tertiary/aromatic N) is 1. The van der Waals surface area contributed by atoms with Gasteiger partial charge in [0.25, 0.3) is 0 Å². The zero-order valence-corrected chi connectivity index (χ0v) is 17.5. The molecule has 1 fully saturated rings. The van der Waals surface area contributed by atoms with Gasteiger partial charge in [-0.15, -0.1) is 12.4 Å². The highest BCUT2D eigenvalue weighted by Crippen LogP contribution is 2.29. The fourth-order valence-electron chi connectivity index (χ4n) is 2.94. The number of hydrogen-bond donors (Lipinski definition) is 2. The molecule has 154 valence electrons. The van der Waals surface area contributed by atoms with Crippen LogP contribution in [-0.4, -0.2) is 66.2 Å². The van der Waals surface area contributed by atoms with Crippen molar-refractivity contribution in [1.29, 1.82) is 0 Å². The summed E-state index contributed by atoms with van der Waals surface area (Å²) in [5, 5.41) is 3.21. The molecule has 0 unspecified atom stereocenters. The van der Waals surface area contributed by atoms with Gasteiger partial charge in [-0.2, -0.15) is 0 Å². The van der Waals surface area contributed by atoms with Crippen LogP contribution < -0.4 is 19.5 Å². The van der Waals surface area contributed by atoms with Crippen molar-refractivity contribution in [3.05, 3.63) is 18.2 Å². The van der Waals surface area contributed by atoms with Gasteiger partial charge in [-0.1, -0.05) is 0 Å². The Morgan fingerprint density at radius 1 is 1.19 bits per heavy atom. The summed E-state index contributed by atoms with van der Waals surface area (Å²) in [7, 11) is 1.12. The van der Waals surface area contributed by atoms with Gasteiger partial charge in [0.15, 0.2) is 11.5 Å². The van der Waals surface area contributed by atoms with E-state index in [9.17, 15) is 13.2 Å². The Hall–Kier alpha value is -1.55. The predicted molar refractivity (Wildman–Crippen MR) is 105 cm³/mol. The summed E-state index contributed by atoms with van der Waals surface area (Å²) in [6.07, 6.45) is 1.97. The number of carbonyl (C=O) groups excluding carboxylic acids is 1. The molecule has 8 nitrogen and oxygen atoms in total. The molecule has 1 aromatic carbocycles. The summed E-state index contributed by atoms with van der Waals surface area (Å²) >= 11 is 0. The molecule has 2 N–H and O–H groups in total. The van der Waals surface area contributed by atoms with Crippen LogP contribution in [0.4, 0.5) is 0 Å². The number of halogens is 1. The van der Waals surface area contributed by atoms with Gasteiger partial charge in [0.1, 0.15) is 0 Å². The summed E-state index contributed by atoms with van der Waals surface area (Å²) in [5.41, 5.74) is 0. The summed E-state index contributed by atoms with van der Waals surface area (Å²) in [4.78, 5) is 14.1. The third kappa shape index (κ3) is 6.24. The normalized spacial score (nSPS) is 15.1. The fraction of sp³-hybridized carbons (Fsp3) is 0.588. The van der Waals surface area contributed by atoms with E-state index in [1.165, 1.54) is 32.4 Å². The number of benzene rings is 1. The van der Waals surface area contributed by atoms with E-state index in [-0.39, 0.29) is 36.2 Å². The monoisotopic (exact) mass is 421 g/mol. The quantitative estimate of drug-likeness (QED) is 0.650. The van der Waals surface area contributed by atoms with E-state index in [4.69, 9.17) is 9.47 Å². The van der Waals surface area contributed by atoms with E-state index in [0.717, 1.165) is 12.8 Å². The molecule has 1 heterocycles. The van der Waals surface area contributed by atoms with Crippen LogP contribution in [0.1, 0.15) is 19.3 Å². The van der Waals surface area contributed by atoms with Gasteiger partial charge in [0.2, 0.25) is 15.9 Å². The van der Waals surface area contributed by atoms with Crippen LogP contribution in [-0.2, 0) is 14.8 Å². The average Bonchev–Trinajstić information content (AvgIpc) is 2.67. The number of piperidine rings is 1. The lowest BCUT2D eigenvalue weighted by molar-refractivity contribution is -0.132. The molecule has 0 spiro atoms. The van der Waals surface area contributed by atoms with E-state index in [2.05, 4.69) is 10.0 Å². The summed E-state index contributed by atoms with van der Waals surface area (Å²) in [6, 6.07) is 4.81. The largest absolute Gasteiger partial charge is 0.493 e. The zero-order valence-electron chi connectivity index (χ0n) is 15.9. The highest BCUT2D eigenvalue weighted by molar-refractivity contribution is 7.89. The number of likely N-dealkylation sites (tertiary alicyclic amines) is 1. The van der Waals surface area contributed by atoms with Crippen LogP contribution >= 0.6 is 12.4 Å². The number of methoxy groups -OCH3 is 2. The van der Waals surface area contributed by atoms with Crippen molar-refractivity contribution in [2.24, 2.45) is 0 Å². The maximum atomic E-state index is 12.4. The molecule has 1 aliphatic heterocycles. The van der Waals surface area contributed by atoms with Gasteiger partial charge in [0, 0.05) is 38.2 Å². The van der Waals surface area contributed by atoms with Gasteiger partial charge in [-0.3, -0.25) is 4.79 Å². The number of carbonyl (C=O) groups is 1. The lowest BCUT2D eigenvalue weighted by Gasteiger charge is -2.31. The highest BCUT2D eigenvalue weighted by atomic mass is 35.5. The maximum Gasteiger partial charge on any atom is 0.240 e. The Balaban J connectivity index is 0.00000364. The standard InChI is InChI=1S/C17H27N3O5S.ClH/c1-18-13-7-10-20(11-8-13)17(21)6-9-19-26(22,23)14-4-5-15(24-2)16(12-14)25-3;/h4-5,12-13,18-19H,6-11H2,1-3H3;1H. The van der Waals surface area contributed by atoms with Gasteiger partial charge < -0.3 is 19.7 Å². The summed E-state index contributed by atoms with van der Waals surface area (Å²) in [5.74, 6) is 0.750. The lowest BCUT2D eigenvalue weighted by atomic mass is 10.1. The third-order valence-corrected chi connectivity index (χ3v) is 6.01. The average molecular weight is 422 g/mol. The molecule has 1 saturated heterocycles. The van der Waals surface area contributed by atoms with Crippen LogP contribution in [0.25, 0.3) is 0 Å².